The molecular weight excluding hydrogens is 342 g/mol. The molecule has 7 nitrogen and oxygen atoms in total. The van der Waals surface area contributed by atoms with E-state index >= 15 is 0 Å². The Kier molecular flexibility index (Phi) is 5.22. The quantitative estimate of drug-likeness (QED) is 0.897. The first-order chi connectivity index (χ1) is 13.1. The first kappa shape index (κ1) is 18.1. The third-order valence-electron chi connectivity index (χ3n) is 5.60. The molecule has 3 heterocycles. The van der Waals surface area contributed by atoms with Gasteiger partial charge in [0, 0.05) is 6.54 Å². The standard InChI is InChI=1S/C20H27N5O2/c1-14-12-24(18(13-27-14)16-6-4-3-5-7-16)20(26)19-15(2)25(23-22-19)17-8-10-21-11-9-17/h3-7,14,17-18,21H,8-13H2,1-2H3/t14-,18+/m0/s1. The van der Waals surface area contributed by atoms with E-state index in [9.17, 15) is 4.79 Å². The highest BCUT2D eigenvalue weighted by atomic mass is 16.5. The highest BCUT2D eigenvalue weighted by molar-refractivity contribution is 5.93. The third-order valence-corrected chi connectivity index (χ3v) is 5.60. The molecule has 0 unspecified atom stereocenters. The van der Waals surface area contributed by atoms with Crippen molar-refractivity contribution in [3.63, 3.8) is 0 Å². The number of nitrogens with one attached hydrogen (secondary N) is 1. The fraction of sp³-hybridized carbons (Fsp3) is 0.550. The van der Waals surface area contributed by atoms with E-state index in [2.05, 4.69) is 15.6 Å². The molecule has 1 aromatic carbocycles. The van der Waals surface area contributed by atoms with Crippen LogP contribution in [0, 0.1) is 6.92 Å². The minimum Gasteiger partial charge on any atom is -0.374 e. The number of hydrogen-bond donors (Lipinski definition) is 1. The lowest BCUT2D eigenvalue weighted by atomic mass is 10.0. The van der Waals surface area contributed by atoms with Crippen LogP contribution in [-0.2, 0) is 4.74 Å². The van der Waals surface area contributed by atoms with Gasteiger partial charge in [0.25, 0.3) is 5.91 Å². The average molecular weight is 369 g/mol. The lowest BCUT2D eigenvalue weighted by Crippen LogP contribution is -2.47. The van der Waals surface area contributed by atoms with Crippen molar-refractivity contribution < 1.29 is 9.53 Å². The summed E-state index contributed by atoms with van der Waals surface area (Å²) in [5, 5.41) is 12.0. The van der Waals surface area contributed by atoms with Gasteiger partial charge < -0.3 is 15.0 Å². The lowest BCUT2D eigenvalue weighted by Gasteiger charge is -2.38. The first-order valence-electron chi connectivity index (χ1n) is 9.75. The van der Waals surface area contributed by atoms with Gasteiger partial charge in [0.05, 0.1) is 30.5 Å². The number of hydrogen-bond acceptors (Lipinski definition) is 5. The van der Waals surface area contributed by atoms with Crippen LogP contribution in [0.4, 0.5) is 0 Å². The summed E-state index contributed by atoms with van der Waals surface area (Å²) in [5.74, 6) is -0.0586. The first-order valence-corrected chi connectivity index (χ1v) is 9.75. The molecule has 2 aliphatic heterocycles. The Hall–Kier alpha value is -2.25. The van der Waals surface area contributed by atoms with E-state index in [1.165, 1.54) is 0 Å². The number of aromatic nitrogens is 3. The van der Waals surface area contributed by atoms with Crippen LogP contribution in [0.3, 0.4) is 0 Å². The Labute approximate surface area is 159 Å². The molecule has 1 aromatic heterocycles. The van der Waals surface area contributed by atoms with Gasteiger partial charge in [0.2, 0.25) is 0 Å². The number of rotatable bonds is 3. The normalized spacial score (nSPS) is 24.1. The summed E-state index contributed by atoms with van der Waals surface area (Å²) in [6.07, 6.45) is 2.03. The summed E-state index contributed by atoms with van der Waals surface area (Å²) >= 11 is 0. The summed E-state index contributed by atoms with van der Waals surface area (Å²) in [6, 6.07) is 10.3. The number of ether oxygens (including phenoxy) is 1. The topological polar surface area (TPSA) is 72.3 Å². The van der Waals surface area contributed by atoms with Crippen LogP contribution in [0.1, 0.15) is 53.6 Å². The highest BCUT2D eigenvalue weighted by Gasteiger charge is 2.35. The van der Waals surface area contributed by atoms with Crippen LogP contribution < -0.4 is 5.32 Å². The fourth-order valence-corrected chi connectivity index (χ4v) is 4.05. The van der Waals surface area contributed by atoms with E-state index in [0.29, 0.717) is 24.9 Å². The Morgan fingerprint density at radius 3 is 2.70 bits per heavy atom. The minimum absolute atomic E-state index is 0.00804. The smallest absolute Gasteiger partial charge is 0.277 e. The predicted molar refractivity (Wildman–Crippen MR) is 102 cm³/mol. The molecule has 27 heavy (non-hydrogen) atoms. The molecular formula is C20H27N5O2. The summed E-state index contributed by atoms with van der Waals surface area (Å²) in [5.41, 5.74) is 2.41. The van der Waals surface area contributed by atoms with E-state index in [0.717, 1.165) is 37.2 Å². The van der Waals surface area contributed by atoms with Crippen LogP contribution >= 0.6 is 0 Å². The summed E-state index contributed by atoms with van der Waals surface area (Å²) in [6.45, 7) is 6.96. The maximum atomic E-state index is 13.4. The van der Waals surface area contributed by atoms with Crippen molar-refractivity contribution in [2.75, 3.05) is 26.2 Å². The van der Waals surface area contributed by atoms with Gasteiger partial charge in [-0.25, -0.2) is 4.68 Å². The van der Waals surface area contributed by atoms with Crippen LogP contribution in [-0.4, -0.2) is 58.1 Å². The molecule has 1 N–H and O–H groups in total. The van der Waals surface area contributed by atoms with Crippen molar-refractivity contribution >= 4 is 5.91 Å². The third kappa shape index (κ3) is 3.61. The molecule has 0 bridgehead atoms. The Morgan fingerprint density at radius 1 is 1.22 bits per heavy atom. The Morgan fingerprint density at radius 2 is 1.96 bits per heavy atom. The molecule has 2 atom stereocenters. The van der Waals surface area contributed by atoms with Gasteiger partial charge in [0.15, 0.2) is 5.69 Å². The van der Waals surface area contributed by atoms with Crippen LogP contribution in [0.25, 0.3) is 0 Å². The number of benzene rings is 1. The molecule has 1 amide bonds. The molecule has 0 spiro atoms. The molecule has 0 aliphatic carbocycles. The number of carbonyl (C=O) groups is 1. The summed E-state index contributed by atoms with van der Waals surface area (Å²) in [4.78, 5) is 15.3. The van der Waals surface area contributed by atoms with Crippen molar-refractivity contribution in [1.29, 1.82) is 0 Å². The van der Waals surface area contributed by atoms with E-state index in [1.54, 1.807) is 0 Å². The van der Waals surface area contributed by atoms with Gasteiger partial charge in [-0.05, 0) is 45.3 Å². The van der Waals surface area contributed by atoms with E-state index in [-0.39, 0.29) is 18.1 Å². The number of nitrogens with zero attached hydrogens (tertiary/aromatic N) is 4. The van der Waals surface area contributed by atoms with Gasteiger partial charge in [-0.15, -0.1) is 5.10 Å². The zero-order valence-corrected chi connectivity index (χ0v) is 16.0. The molecule has 144 valence electrons. The van der Waals surface area contributed by atoms with Crippen LogP contribution in [0.5, 0.6) is 0 Å². The Balaban J connectivity index is 1.61. The molecule has 0 saturated carbocycles. The van der Waals surface area contributed by atoms with Crippen LogP contribution in [0.2, 0.25) is 0 Å². The van der Waals surface area contributed by atoms with Crippen molar-refractivity contribution in [3.8, 4) is 0 Å². The monoisotopic (exact) mass is 369 g/mol. The largest absolute Gasteiger partial charge is 0.374 e. The van der Waals surface area contributed by atoms with Crippen molar-refractivity contribution in [1.82, 2.24) is 25.2 Å². The second-order valence-electron chi connectivity index (χ2n) is 7.48. The van der Waals surface area contributed by atoms with Gasteiger partial charge >= 0.3 is 0 Å². The number of carbonyl (C=O) groups excluding carboxylic acids is 1. The van der Waals surface area contributed by atoms with E-state index < -0.39 is 0 Å². The van der Waals surface area contributed by atoms with Gasteiger partial charge in [0.1, 0.15) is 0 Å². The zero-order chi connectivity index (χ0) is 18.8. The number of amides is 1. The SMILES string of the molecule is Cc1c(C(=O)N2C[C@H](C)OC[C@@H]2c2ccccc2)nnn1C1CCNCC1. The maximum Gasteiger partial charge on any atom is 0.277 e. The molecule has 2 aliphatic rings. The van der Waals surface area contributed by atoms with Crippen LogP contribution in [0.15, 0.2) is 30.3 Å². The predicted octanol–water partition coefficient (Wildman–Crippen LogP) is 2.11. The highest BCUT2D eigenvalue weighted by Crippen LogP contribution is 2.29. The van der Waals surface area contributed by atoms with Gasteiger partial charge in [-0.3, -0.25) is 4.79 Å². The Bertz CT molecular complexity index is 785. The van der Waals surface area contributed by atoms with E-state index in [4.69, 9.17) is 4.74 Å². The van der Waals surface area contributed by atoms with Gasteiger partial charge in [-0.2, -0.15) is 0 Å². The molecule has 2 fully saturated rings. The molecule has 7 heteroatoms. The second kappa shape index (κ2) is 7.78. The molecule has 4 rings (SSSR count). The summed E-state index contributed by atoms with van der Waals surface area (Å²) < 4.78 is 7.79. The van der Waals surface area contributed by atoms with Gasteiger partial charge in [-0.1, -0.05) is 35.5 Å². The van der Waals surface area contributed by atoms with Crippen molar-refractivity contribution in [3.05, 3.63) is 47.3 Å². The average Bonchev–Trinajstić information content (AvgIpc) is 3.10. The second-order valence-corrected chi connectivity index (χ2v) is 7.48. The van der Waals surface area contributed by atoms with Crippen molar-refractivity contribution in [2.45, 2.75) is 44.9 Å². The number of piperidine rings is 1. The molecule has 0 radical (unpaired) electrons. The summed E-state index contributed by atoms with van der Waals surface area (Å²) in [7, 11) is 0. The molecule has 2 aromatic rings. The fourth-order valence-electron chi connectivity index (χ4n) is 4.05. The lowest BCUT2D eigenvalue weighted by molar-refractivity contribution is -0.0449. The van der Waals surface area contributed by atoms with E-state index in [1.807, 2.05) is 53.8 Å². The maximum absolute atomic E-state index is 13.4. The zero-order valence-electron chi connectivity index (χ0n) is 16.0. The number of morpholine rings is 1. The molecule has 2 saturated heterocycles. The van der Waals surface area contributed by atoms with Crippen molar-refractivity contribution in [2.24, 2.45) is 0 Å². The minimum atomic E-state index is -0.0988.